The van der Waals surface area contributed by atoms with E-state index in [1.165, 1.54) is 35.3 Å². The molecule has 0 aromatic carbocycles. The number of hydrogen-bond acceptors (Lipinski definition) is 16. The molecule has 0 atom stereocenters. The van der Waals surface area contributed by atoms with Crippen molar-refractivity contribution >= 4 is 64.8 Å². The van der Waals surface area contributed by atoms with Gasteiger partial charge in [0.05, 0.1) is 24.1 Å². The second-order valence-corrected chi connectivity index (χ2v) is 8.90. The van der Waals surface area contributed by atoms with E-state index < -0.39 is 17.9 Å². The number of hydrazine groups is 1. The van der Waals surface area contributed by atoms with Crippen molar-refractivity contribution in [3.63, 3.8) is 0 Å². The van der Waals surface area contributed by atoms with Gasteiger partial charge in [-0.1, -0.05) is 0 Å². The third-order valence-electron chi connectivity index (χ3n) is 3.72. The lowest BCUT2D eigenvalue weighted by Crippen LogP contribution is -2.08. The van der Waals surface area contributed by atoms with Crippen LogP contribution in [0.4, 0.5) is 11.6 Å². The van der Waals surface area contributed by atoms with E-state index in [4.69, 9.17) is 26.7 Å². The number of ether oxygens (including phenoxy) is 3. The number of nitrogens with one attached hydrogen (secondary N) is 1. The highest BCUT2D eigenvalue weighted by molar-refractivity contribution is 8.21. The summed E-state index contributed by atoms with van der Waals surface area (Å²) in [6, 6.07) is 3.67. The molecular formula is C22H36N8O6S3. The Bertz CT molecular complexity index is 1040. The number of aromatic amines is 1. The summed E-state index contributed by atoms with van der Waals surface area (Å²) >= 11 is 4.12. The van der Waals surface area contributed by atoms with Crippen LogP contribution >= 0.6 is 35.3 Å². The minimum absolute atomic E-state index is 0.0611. The van der Waals surface area contributed by atoms with Crippen LogP contribution in [0.1, 0.15) is 38.1 Å². The molecule has 0 spiro atoms. The largest absolute Gasteiger partial charge is 0.462 e. The molecule has 0 bridgehead atoms. The van der Waals surface area contributed by atoms with Crippen LogP contribution in [0.3, 0.4) is 0 Å². The van der Waals surface area contributed by atoms with Gasteiger partial charge in [-0.2, -0.15) is 15.6 Å². The van der Waals surface area contributed by atoms with Crippen molar-refractivity contribution in [2.75, 3.05) is 50.1 Å². The number of allylic oxidation sites excluding steroid dienone is 1. The summed E-state index contributed by atoms with van der Waals surface area (Å²) < 4.78 is 14.8. The van der Waals surface area contributed by atoms with Gasteiger partial charge in [0.25, 0.3) is 0 Å². The van der Waals surface area contributed by atoms with Crippen LogP contribution in [-0.2, 0) is 23.8 Å². The zero-order chi connectivity index (χ0) is 31.0. The minimum atomic E-state index is -0.554. The van der Waals surface area contributed by atoms with Crippen molar-refractivity contribution in [2.24, 2.45) is 11.7 Å². The summed E-state index contributed by atoms with van der Waals surface area (Å²) in [5.74, 6) is 6.56. The molecule has 0 radical (unpaired) electrons. The number of anilines is 2. The summed E-state index contributed by atoms with van der Waals surface area (Å²) in [6.45, 7) is 7.71. The molecule has 0 aliphatic carbocycles. The van der Waals surface area contributed by atoms with Crippen LogP contribution < -0.4 is 23.2 Å². The lowest BCUT2D eigenvalue weighted by atomic mass is 10.3. The molecule has 0 aliphatic rings. The molecule has 14 nitrogen and oxygen atoms in total. The van der Waals surface area contributed by atoms with Crippen LogP contribution in [0, 0.1) is 22.7 Å². The van der Waals surface area contributed by atoms with Crippen LogP contribution in [0.15, 0.2) is 20.3 Å². The molecule has 0 unspecified atom stereocenters. The predicted octanol–water partition coefficient (Wildman–Crippen LogP) is 2.29. The highest BCUT2D eigenvalue weighted by atomic mass is 32.2. The number of nitrogens with zero attached hydrogens (tertiary/aromatic N) is 3. The monoisotopic (exact) mass is 604 g/mol. The van der Waals surface area contributed by atoms with Gasteiger partial charge in [0, 0.05) is 4.91 Å². The van der Waals surface area contributed by atoms with Crippen molar-refractivity contribution in [2.45, 2.75) is 27.7 Å². The normalized spacial score (nSPS) is 9.62. The van der Waals surface area contributed by atoms with E-state index in [1.807, 2.05) is 30.9 Å². The highest BCUT2D eigenvalue weighted by Crippen LogP contribution is 2.27. The first-order valence-corrected chi connectivity index (χ1v) is 14.5. The fraction of sp³-hybridized carbons (Fsp3) is 0.455. The Morgan fingerprint density at radius 3 is 1.59 bits per heavy atom. The first-order chi connectivity index (χ1) is 18.5. The number of aromatic nitrogens is 2. The van der Waals surface area contributed by atoms with E-state index in [9.17, 15) is 14.4 Å². The van der Waals surface area contributed by atoms with Crippen molar-refractivity contribution in [1.29, 1.82) is 10.5 Å². The number of esters is 3. The number of hydrogen-bond donors (Lipinski definition) is 5. The molecule has 1 aromatic heterocycles. The molecule has 0 aliphatic heterocycles. The third-order valence-corrected chi connectivity index (χ3v) is 6.68. The van der Waals surface area contributed by atoms with Crippen molar-refractivity contribution in [3.8, 4) is 12.1 Å². The van der Waals surface area contributed by atoms with E-state index in [0.29, 0.717) is 22.4 Å². The van der Waals surface area contributed by atoms with E-state index in [2.05, 4.69) is 31.4 Å². The molecule has 1 aromatic rings. The minimum Gasteiger partial charge on any atom is -0.462 e. The molecule has 9 N–H and O–H groups in total. The Balaban J connectivity index is -0.000000483. The van der Waals surface area contributed by atoms with Crippen molar-refractivity contribution in [3.05, 3.63) is 25.9 Å². The molecule has 218 valence electrons. The number of nitrogens with two attached hydrogens (primary N) is 4. The molecule has 0 amide bonds. The summed E-state index contributed by atoms with van der Waals surface area (Å²) in [7, 11) is 0. The van der Waals surface area contributed by atoms with E-state index >= 15 is 0 Å². The lowest BCUT2D eigenvalue weighted by Gasteiger charge is -2.03. The van der Waals surface area contributed by atoms with Gasteiger partial charge in [0.1, 0.15) is 29.1 Å². The Hall–Kier alpha value is -3.35. The molecule has 1 rings (SSSR count). The predicted molar refractivity (Wildman–Crippen MR) is 157 cm³/mol. The van der Waals surface area contributed by atoms with Gasteiger partial charge in [-0.25, -0.2) is 14.4 Å². The smallest absolute Gasteiger partial charge is 0.350 e. The number of carbonyl (C=O) groups excluding carboxylic acids is 3. The zero-order valence-corrected chi connectivity index (χ0v) is 25.4. The van der Waals surface area contributed by atoms with Gasteiger partial charge < -0.3 is 25.7 Å². The van der Waals surface area contributed by atoms with Crippen molar-refractivity contribution in [1.82, 2.24) is 10.2 Å². The van der Waals surface area contributed by atoms with E-state index in [-0.39, 0.29) is 35.0 Å². The van der Waals surface area contributed by atoms with Crippen LogP contribution in [-0.4, -0.2) is 66.7 Å². The first-order valence-electron chi connectivity index (χ1n) is 10.9. The summed E-state index contributed by atoms with van der Waals surface area (Å²) in [5.41, 5.74) is 11.0. The van der Waals surface area contributed by atoms with E-state index in [1.54, 1.807) is 27.7 Å². The summed E-state index contributed by atoms with van der Waals surface area (Å²) in [4.78, 5) is 34.1. The Labute approximate surface area is 241 Å². The van der Waals surface area contributed by atoms with Crippen LogP contribution in [0.25, 0.3) is 0 Å². The number of nitrogen functional groups attached to an aromatic ring is 2. The molecule has 1 heterocycles. The maximum atomic E-state index is 11.2. The summed E-state index contributed by atoms with van der Waals surface area (Å²) in [5, 5.41) is 23.2. The Kier molecular flexibility index (Phi) is 25.7. The fourth-order valence-electron chi connectivity index (χ4n) is 2.03. The number of rotatable bonds is 9. The highest BCUT2D eigenvalue weighted by Gasteiger charge is 2.17. The molecular weight excluding hydrogens is 568 g/mol. The van der Waals surface area contributed by atoms with Gasteiger partial charge in [-0.05, 0) is 46.5 Å². The van der Waals surface area contributed by atoms with Gasteiger partial charge in [-0.15, -0.1) is 35.3 Å². The van der Waals surface area contributed by atoms with Gasteiger partial charge in [-0.3, -0.25) is 16.8 Å². The van der Waals surface area contributed by atoms with Gasteiger partial charge in [0.15, 0.2) is 11.4 Å². The number of H-pyrrole nitrogens is 1. The summed E-state index contributed by atoms with van der Waals surface area (Å²) in [6.07, 6.45) is 5.46. The van der Waals surface area contributed by atoms with Gasteiger partial charge in [0.2, 0.25) is 0 Å². The maximum Gasteiger partial charge on any atom is 0.350 e. The van der Waals surface area contributed by atoms with Crippen molar-refractivity contribution < 1.29 is 28.6 Å². The second-order valence-electron chi connectivity index (χ2n) is 5.99. The SMILES string of the molecule is CCOC(=O)/C(C#N)=C(\C)SC.CCOC(=O)C(C#N)=C(SC)SC.CCOC(=O)c1c(N)n[nH]c1N.NN. The average Bonchev–Trinajstić information content (AvgIpc) is 3.27. The van der Waals surface area contributed by atoms with Gasteiger partial charge >= 0.3 is 17.9 Å². The Morgan fingerprint density at radius 1 is 0.846 bits per heavy atom. The fourth-order valence-corrected chi connectivity index (χ4v) is 3.69. The molecule has 0 saturated heterocycles. The maximum absolute atomic E-state index is 11.2. The quantitative estimate of drug-likeness (QED) is 0.0676. The molecule has 0 fully saturated rings. The lowest BCUT2D eigenvalue weighted by molar-refractivity contribution is -0.138. The molecule has 39 heavy (non-hydrogen) atoms. The van der Waals surface area contributed by atoms with Crippen LogP contribution in [0.2, 0.25) is 0 Å². The number of carbonyl (C=O) groups is 3. The first kappa shape index (κ1) is 40.2. The zero-order valence-electron chi connectivity index (χ0n) is 22.9. The standard InChI is InChI=1S/C8H11NO2S2.C8H11NO2S.C6H10N4O2.H4N2/c1-4-11-7(10)6(5-9)8(12-2)13-3;1-4-11-8(10)7(5-9)6(2)12-3;1-2-12-6(11)3-4(7)9-10-5(3)8;1-2/h4H2,1-3H3;4H2,1-3H3;2H2,1H3,(H5,7,8,9,10);1-2H2/b;7-6+;;. The number of nitriles is 2. The van der Waals surface area contributed by atoms with E-state index in [0.717, 1.165) is 0 Å². The Morgan fingerprint density at radius 2 is 1.28 bits per heavy atom. The molecule has 0 saturated carbocycles. The third kappa shape index (κ3) is 15.6. The number of thioether (sulfide) groups is 3. The second kappa shape index (κ2) is 25.0. The topological polar surface area (TPSA) is 259 Å². The molecule has 17 heteroatoms. The van der Waals surface area contributed by atoms with Crippen LogP contribution in [0.5, 0.6) is 0 Å². The average molecular weight is 605 g/mol.